The fourth-order valence-electron chi connectivity index (χ4n) is 4.31. The van der Waals surface area contributed by atoms with E-state index in [0.717, 1.165) is 28.0 Å². The highest BCUT2D eigenvalue weighted by Gasteiger charge is 2.26. The Morgan fingerprint density at radius 2 is 2.12 bits per heavy atom. The predicted octanol–water partition coefficient (Wildman–Crippen LogP) is 2.91. The van der Waals surface area contributed by atoms with Crippen LogP contribution in [0.3, 0.4) is 0 Å². The van der Waals surface area contributed by atoms with Crippen LogP contribution in [-0.4, -0.2) is 44.7 Å². The van der Waals surface area contributed by atoms with E-state index in [0.29, 0.717) is 44.1 Å². The van der Waals surface area contributed by atoms with Gasteiger partial charge in [-0.15, -0.1) is 0 Å². The summed E-state index contributed by atoms with van der Waals surface area (Å²) in [5.41, 5.74) is 5.12. The van der Waals surface area contributed by atoms with E-state index in [1.165, 1.54) is 0 Å². The van der Waals surface area contributed by atoms with E-state index in [2.05, 4.69) is 15.3 Å². The lowest BCUT2D eigenvalue weighted by Crippen LogP contribution is -2.37. The van der Waals surface area contributed by atoms with E-state index in [1.807, 2.05) is 41.9 Å². The molecule has 0 bridgehead atoms. The van der Waals surface area contributed by atoms with Crippen LogP contribution in [0.2, 0.25) is 0 Å². The molecule has 1 aliphatic rings. The fourth-order valence-corrected chi connectivity index (χ4v) is 4.31. The van der Waals surface area contributed by atoms with Crippen LogP contribution in [0.15, 0.2) is 53.3 Å². The molecule has 34 heavy (non-hydrogen) atoms. The average molecular weight is 460 g/mol. The van der Waals surface area contributed by atoms with E-state index < -0.39 is 0 Å². The number of ether oxygens (including phenoxy) is 1. The monoisotopic (exact) mass is 459 g/mol. The van der Waals surface area contributed by atoms with Crippen molar-refractivity contribution in [1.29, 1.82) is 0 Å². The van der Waals surface area contributed by atoms with E-state index in [-0.39, 0.29) is 17.6 Å². The van der Waals surface area contributed by atoms with E-state index in [9.17, 15) is 9.59 Å². The number of carbonyl (C=O) groups excluding carboxylic acids is 2. The maximum atomic E-state index is 13.1. The smallest absolute Gasteiger partial charge is 0.287 e. The standard InChI is InChI=1S/C25H25N5O4/c1-16-20(12-27-24(31)22-7-6-18(34-22)15-33-2)19-8-10-30(13-17(19)11-26-16)25(32)21-14-29-9-4-3-5-23(29)28-21/h3-7,9,11,14H,8,10,12-13,15H2,1-2H3,(H,27,31). The van der Waals surface area contributed by atoms with Crippen molar-refractivity contribution in [3.63, 3.8) is 0 Å². The maximum Gasteiger partial charge on any atom is 0.287 e. The zero-order valence-electron chi connectivity index (χ0n) is 19.1. The van der Waals surface area contributed by atoms with Gasteiger partial charge in [-0.2, -0.15) is 0 Å². The van der Waals surface area contributed by atoms with Crippen molar-refractivity contribution in [1.82, 2.24) is 24.6 Å². The molecule has 5 heterocycles. The lowest BCUT2D eigenvalue weighted by atomic mass is 9.94. The van der Waals surface area contributed by atoms with Gasteiger partial charge in [0, 0.05) is 51.0 Å². The molecule has 0 saturated carbocycles. The summed E-state index contributed by atoms with van der Waals surface area (Å²) < 4.78 is 12.4. The topological polar surface area (TPSA) is 102 Å². The first kappa shape index (κ1) is 21.8. The van der Waals surface area contributed by atoms with Crippen molar-refractivity contribution in [2.45, 2.75) is 33.0 Å². The van der Waals surface area contributed by atoms with Crippen molar-refractivity contribution in [3.05, 3.63) is 88.5 Å². The minimum atomic E-state index is -0.293. The third kappa shape index (κ3) is 4.17. The summed E-state index contributed by atoms with van der Waals surface area (Å²) in [4.78, 5) is 36.4. The van der Waals surface area contributed by atoms with Crippen LogP contribution in [0.5, 0.6) is 0 Å². The Kier molecular flexibility index (Phi) is 5.85. The Labute approximate surface area is 196 Å². The molecule has 9 heteroatoms. The largest absolute Gasteiger partial charge is 0.453 e. The minimum absolute atomic E-state index is 0.102. The van der Waals surface area contributed by atoms with Crippen molar-refractivity contribution in [3.8, 4) is 0 Å². The summed E-state index contributed by atoms with van der Waals surface area (Å²) in [5, 5.41) is 2.93. The van der Waals surface area contributed by atoms with Gasteiger partial charge < -0.3 is 23.8 Å². The van der Waals surface area contributed by atoms with Gasteiger partial charge in [0.2, 0.25) is 0 Å². The van der Waals surface area contributed by atoms with Crippen LogP contribution < -0.4 is 5.32 Å². The highest BCUT2D eigenvalue weighted by atomic mass is 16.5. The molecule has 4 aromatic rings. The second-order valence-corrected chi connectivity index (χ2v) is 8.28. The van der Waals surface area contributed by atoms with Gasteiger partial charge in [0.05, 0.1) is 0 Å². The number of methoxy groups -OCH3 is 1. The normalized spacial score (nSPS) is 13.2. The second-order valence-electron chi connectivity index (χ2n) is 8.28. The Balaban J connectivity index is 1.30. The number of hydrogen-bond donors (Lipinski definition) is 1. The van der Waals surface area contributed by atoms with Gasteiger partial charge in [0.25, 0.3) is 11.8 Å². The van der Waals surface area contributed by atoms with Crippen molar-refractivity contribution >= 4 is 17.5 Å². The molecule has 0 atom stereocenters. The van der Waals surface area contributed by atoms with Crippen molar-refractivity contribution < 1.29 is 18.7 Å². The molecule has 0 spiro atoms. The van der Waals surface area contributed by atoms with Crippen LogP contribution in [0, 0.1) is 6.92 Å². The molecule has 1 N–H and O–H groups in total. The summed E-state index contributed by atoms with van der Waals surface area (Å²) in [6.07, 6.45) is 6.14. The summed E-state index contributed by atoms with van der Waals surface area (Å²) in [7, 11) is 1.57. The minimum Gasteiger partial charge on any atom is -0.453 e. The van der Waals surface area contributed by atoms with Crippen LogP contribution >= 0.6 is 0 Å². The Hall–Kier alpha value is -3.98. The third-order valence-corrected chi connectivity index (χ3v) is 6.06. The number of amides is 2. The predicted molar refractivity (Wildman–Crippen MR) is 123 cm³/mol. The van der Waals surface area contributed by atoms with Gasteiger partial charge in [-0.05, 0) is 54.3 Å². The SMILES string of the molecule is COCc1ccc(C(=O)NCc2c(C)ncc3c2CCN(C(=O)c2cn4ccccc4n2)C3)o1. The molecule has 0 aromatic carbocycles. The molecule has 1 aliphatic heterocycles. The van der Waals surface area contributed by atoms with Crippen LogP contribution in [0.4, 0.5) is 0 Å². The number of imidazole rings is 1. The first-order chi connectivity index (χ1) is 16.5. The molecule has 0 fully saturated rings. The van der Waals surface area contributed by atoms with Gasteiger partial charge in [-0.3, -0.25) is 14.6 Å². The second kappa shape index (κ2) is 9.11. The molecular weight excluding hydrogens is 434 g/mol. The molecule has 0 unspecified atom stereocenters. The zero-order chi connectivity index (χ0) is 23.7. The number of nitrogens with one attached hydrogen (secondary N) is 1. The Bertz CT molecular complexity index is 1340. The van der Waals surface area contributed by atoms with E-state index in [1.54, 1.807) is 30.3 Å². The summed E-state index contributed by atoms with van der Waals surface area (Å²) in [6, 6.07) is 9.03. The molecule has 174 valence electrons. The Morgan fingerprint density at radius 3 is 2.94 bits per heavy atom. The number of fused-ring (bicyclic) bond motifs is 2. The highest BCUT2D eigenvalue weighted by Crippen LogP contribution is 2.25. The zero-order valence-corrected chi connectivity index (χ0v) is 19.1. The van der Waals surface area contributed by atoms with E-state index in [4.69, 9.17) is 9.15 Å². The average Bonchev–Trinajstić information content (AvgIpc) is 3.50. The highest BCUT2D eigenvalue weighted by molar-refractivity contribution is 5.93. The van der Waals surface area contributed by atoms with Crippen molar-refractivity contribution in [2.24, 2.45) is 0 Å². The number of carbonyl (C=O) groups is 2. The number of furan rings is 1. The summed E-state index contributed by atoms with van der Waals surface area (Å²) in [5.74, 6) is 0.443. The molecule has 9 nitrogen and oxygen atoms in total. The van der Waals surface area contributed by atoms with Crippen molar-refractivity contribution in [2.75, 3.05) is 13.7 Å². The molecule has 5 rings (SSSR count). The lowest BCUT2D eigenvalue weighted by molar-refractivity contribution is 0.0729. The Morgan fingerprint density at radius 1 is 1.24 bits per heavy atom. The van der Waals surface area contributed by atoms with Gasteiger partial charge in [-0.1, -0.05) is 6.07 Å². The quantitative estimate of drug-likeness (QED) is 0.476. The fraction of sp³-hybridized carbons (Fsp3) is 0.280. The van der Waals surface area contributed by atoms with E-state index >= 15 is 0 Å². The number of aromatic nitrogens is 3. The first-order valence-electron chi connectivity index (χ1n) is 11.1. The molecule has 0 aliphatic carbocycles. The number of hydrogen-bond acceptors (Lipinski definition) is 6. The maximum absolute atomic E-state index is 13.1. The summed E-state index contributed by atoms with van der Waals surface area (Å²) in [6.45, 7) is 3.60. The molecule has 0 radical (unpaired) electrons. The number of nitrogens with zero attached hydrogens (tertiary/aromatic N) is 4. The molecule has 4 aromatic heterocycles. The summed E-state index contributed by atoms with van der Waals surface area (Å²) >= 11 is 0. The molecule has 2 amide bonds. The van der Waals surface area contributed by atoms with Crippen LogP contribution in [-0.2, 0) is 30.9 Å². The molecule has 0 saturated heterocycles. The lowest BCUT2D eigenvalue weighted by Gasteiger charge is -2.30. The number of aryl methyl sites for hydroxylation is 1. The van der Waals surface area contributed by atoms with Crippen LogP contribution in [0.1, 0.15) is 49.2 Å². The van der Waals surface area contributed by atoms with Gasteiger partial charge in [0.1, 0.15) is 23.7 Å². The van der Waals surface area contributed by atoms with Gasteiger partial charge >= 0.3 is 0 Å². The number of rotatable bonds is 6. The third-order valence-electron chi connectivity index (χ3n) is 6.06. The van der Waals surface area contributed by atoms with Gasteiger partial charge in [-0.25, -0.2) is 4.98 Å². The van der Waals surface area contributed by atoms with Crippen LogP contribution in [0.25, 0.3) is 5.65 Å². The van der Waals surface area contributed by atoms with Gasteiger partial charge in [0.15, 0.2) is 5.76 Å². The molecular formula is C25H25N5O4. The first-order valence-corrected chi connectivity index (χ1v) is 11.1. The number of pyridine rings is 2.